The summed E-state index contributed by atoms with van der Waals surface area (Å²) in [6.07, 6.45) is 1.07. The monoisotopic (exact) mass is 271 g/mol. The van der Waals surface area contributed by atoms with E-state index in [4.69, 9.17) is 10.7 Å². The Balaban J connectivity index is 2.44. The van der Waals surface area contributed by atoms with Gasteiger partial charge in [0.25, 0.3) is 0 Å². The van der Waals surface area contributed by atoms with E-state index in [0.29, 0.717) is 5.92 Å². The predicted molar refractivity (Wildman–Crippen MR) is 85.0 cm³/mol. The van der Waals surface area contributed by atoms with Crippen molar-refractivity contribution in [3.63, 3.8) is 0 Å². The molecule has 3 heteroatoms. The average Bonchev–Trinajstić information content (AvgIpc) is 2.77. The van der Waals surface area contributed by atoms with E-state index in [1.807, 2.05) is 6.07 Å². The van der Waals surface area contributed by atoms with Crippen molar-refractivity contribution in [2.75, 3.05) is 5.73 Å². The van der Waals surface area contributed by atoms with Gasteiger partial charge in [-0.2, -0.15) is 0 Å². The Kier molecular flexibility index (Phi) is 4.48. The van der Waals surface area contributed by atoms with Gasteiger partial charge in [0, 0.05) is 18.4 Å². The van der Waals surface area contributed by atoms with Crippen molar-refractivity contribution >= 4 is 5.82 Å². The lowest BCUT2D eigenvalue weighted by molar-refractivity contribution is 0.616. The molecule has 1 aromatic heterocycles. The average molecular weight is 271 g/mol. The third-order valence-electron chi connectivity index (χ3n) is 3.74. The maximum absolute atomic E-state index is 6.37. The fourth-order valence-electron chi connectivity index (χ4n) is 2.62. The molecule has 1 aromatic carbocycles. The van der Waals surface area contributed by atoms with Crippen molar-refractivity contribution in [1.82, 2.24) is 9.55 Å². The summed E-state index contributed by atoms with van der Waals surface area (Å²) in [5, 5.41) is 0. The number of nitrogens with two attached hydrogens (primary N) is 1. The Morgan fingerprint density at radius 3 is 2.35 bits per heavy atom. The van der Waals surface area contributed by atoms with E-state index in [1.165, 1.54) is 5.56 Å². The van der Waals surface area contributed by atoms with Gasteiger partial charge in [0.2, 0.25) is 0 Å². The number of nitrogen functional groups attached to an aromatic ring is 1. The summed E-state index contributed by atoms with van der Waals surface area (Å²) in [6.45, 7) is 9.63. The molecule has 0 aliphatic rings. The highest BCUT2D eigenvalue weighted by molar-refractivity contribution is 5.45. The number of nitrogens with zero attached hydrogens (tertiary/aromatic N) is 2. The highest BCUT2D eigenvalue weighted by atomic mass is 15.1. The van der Waals surface area contributed by atoms with Crippen LogP contribution in [0.25, 0.3) is 0 Å². The molecule has 1 heterocycles. The molecule has 2 aromatic rings. The third-order valence-corrected chi connectivity index (χ3v) is 3.74. The van der Waals surface area contributed by atoms with Crippen LogP contribution in [-0.2, 0) is 6.54 Å². The lowest BCUT2D eigenvalue weighted by atomic mass is 9.98. The molecule has 0 saturated carbocycles. The standard InChI is InChI=1S/C17H25N3/c1-5-11-20-16(18)15(19-17(20)12(2)3)13(4)14-9-7-6-8-10-14/h6-10,12-13H,5,11,18H2,1-4H3. The van der Waals surface area contributed by atoms with Crippen LogP contribution in [0.3, 0.4) is 0 Å². The molecule has 108 valence electrons. The number of imidazole rings is 1. The van der Waals surface area contributed by atoms with Gasteiger partial charge < -0.3 is 10.3 Å². The van der Waals surface area contributed by atoms with Crippen molar-refractivity contribution in [1.29, 1.82) is 0 Å². The Labute approximate surface area is 121 Å². The van der Waals surface area contributed by atoms with E-state index in [-0.39, 0.29) is 5.92 Å². The summed E-state index contributed by atoms with van der Waals surface area (Å²) in [4.78, 5) is 4.84. The molecule has 3 nitrogen and oxygen atoms in total. The maximum Gasteiger partial charge on any atom is 0.127 e. The zero-order valence-electron chi connectivity index (χ0n) is 12.9. The van der Waals surface area contributed by atoms with Gasteiger partial charge in [0.15, 0.2) is 0 Å². The lowest BCUT2D eigenvalue weighted by Crippen LogP contribution is -2.08. The lowest BCUT2D eigenvalue weighted by Gasteiger charge is -2.12. The van der Waals surface area contributed by atoms with E-state index in [2.05, 4.69) is 56.5 Å². The number of hydrogen-bond donors (Lipinski definition) is 1. The minimum Gasteiger partial charge on any atom is -0.384 e. The molecule has 0 bridgehead atoms. The zero-order chi connectivity index (χ0) is 14.7. The third kappa shape index (κ3) is 2.72. The quantitative estimate of drug-likeness (QED) is 0.887. The Bertz CT molecular complexity index is 555. The summed E-state index contributed by atoms with van der Waals surface area (Å²) < 4.78 is 2.18. The first-order valence-corrected chi connectivity index (χ1v) is 7.47. The highest BCUT2D eigenvalue weighted by Gasteiger charge is 2.21. The second-order valence-corrected chi connectivity index (χ2v) is 5.68. The number of benzene rings is 1. The van der Waals surface area contributed by atoms with Crippen LogP contribution in [0.2, 0.25) is 0 Å². The van der Waals surface area contributed by atoms with Crippen molar-refractivity contribution in [3.8, 4) is 0 Å². The number of rotatable bonds is 5. The molecule has 20 heavy (non-hydrogen) atoms. The van der Waals surface area contributed by atoms with Crippen LogP contribution in [0.15, 0.2) is 30.3 Å². The molecule has 1 unspecified atom stereocenters. The second kappa shape index (κ2) is 6.12. The number of anilines is 1. The molecular weight excluding hydrogens is 246 g/mol. The van der Waals surface area contributed by atoms with E-state index >= 15 is 0 Å². The van der Waals surface area contributed by atoms with Crippen LogP contribution in [0, 0.1) is 0 Å². The molecule has 2 rings (SSSR count). The first-order chi connectivity index (χ1) is 9.56. The van der Waals surface area contributed by atoms with Crippen molar-refractivity contribution in [2.45, 2.75) is 52.5 Å². The van der Waals surface area contributed by atoms with Gasteiger partial charge in [-0.3, -0.25) is 0 Å². The van der Waals surface area contributed by atoms with Gasteiger partial charge >= 0.3 is 0 Å². The van der Waals surface area contributed by atoms with Crippen LogP contribution in [0.1, 0.15) is 63.0 Å². The fraction of sp³-hybridized carbons (Fsp3) is 0.471. The minimum atomic E-state index is 0.229. The second-order valence-electron chi connectivity index (χ2n) is 5.68. The van der Waals surface area contributed by atoms with Crippen LogP contribution >= 0.6 is 0 Å². The Morgan fingerprint density at radius 2 is 1.80 bits per heavy atom. The SMILES string of the molecule is CCCn1c(C(C)C)nc(C(C)c2ccccc2)c1N. The Hall–Kier alpha value is -1.77. The van der Waals surface area contributed by atoms with Crippen LogP contribution in [0.4, 0.5) is 5.82 Å². The normalized spacial score (nSPS) is 12.8. The van der Waals surface area contributed by atoms with Crippen molar-refractivity contribution in [2.24, 2.45) is 0 Å². The smallest absolute Gasteiger partial charge is 0.127 e. The van der Waals surface area contributed by atoms with Gasteiger partial charge in [-0.25, -0.2) is 4.98 Å². The molecule has 0 aliphatic carbocycles. The maximum atomic E-state index is 6.37. The first kappa shape index (κ1) is 14.6. The van der Waals surface area contributed by atoms with Crippen LogP contribution in [0.5, 0.6) is 0 Å². The van der Waals surface area contributed by atoms with Gasteiger partial charge in [-0.1, -0.05) is 58.0 Å². The molecule has 0 saturated heterocycles. The van der Waals surface area contributed by atoms with Crippen LogP contribution in [-0.4, -0.2) is 9.55 Å². The van der Waals surface area contributed by atoms with Crippen molar-refractivity contribution < 1.29 is 0 Å². The number of aromatic nitrogens is 2. The Morgan fingerprint density at radius 1 is 1.15 bits per heavy atom. The molecule has 0 aliphatic heterocycles. The van der Waals surface area contributed by atoms with Gasteiger partial charge in [-0.15, -0.1) is 0 Å². The zero-order valence-corrected chi connectivity index (χ0v) is 12.9. The topological polar surface area (TPSA) is 43.8 Å². The molecule has 0 fully saturated rings. The van der Waals surface area contributed by atoms with Crippen LogP contribution < -0.4 is 5.73 Å². The fourth-order valence-corrected chi connectivity index (χ4v) is 2.62. The van der Waals surface area contributed by atoms with E-state index < -0.39 is 0 Å². The van der Waals surface area contributed by atoms with E-state index in [1.54, 1.807) is 0 Å². The van der Waals surface area contributed by atoms with Crippen molar-refractivity contribution in [3.05, 3.63) is 47.4 Å². The summed E-state index contributed by atoms with van der Waals surface area (Å²) >= 11 is 0. The summed E-state index contributed by atoms with van der Waals surface area (Å²) in [7, 11) is 0. The molecule has 0 spiro atoms. The largest absolute Gasteiger partial charge is 0.384 e. The highest BCUT2D eigenvalue weighted by Crippen LogP contribution is 2.31. The minimum absolute atomic E-state index is 0.229. The van der Waals surface area contributed by atoms with E-state index in [0.717, 1.165) is 30.3 Å². The summed E-state index contributed by atoms with van der Waals surface area (Å²) in [5.41, 5.74) is 8.63. The van der Waals surface area contributed by atoms with Gasteiger partial charge in [0.1, 0.15) is 11.6 Å². The molecule has 2 N–H and O–H groups in total. The summed E-state index contributed by atoms with van der Waals surface area (Å²) in [6, 6.07) is 10.4. The van der Waals surface area contributed by atoms with E-state index in [9.17, 15) is 0 Å². The first-order valence-electron chi connectivity index (χ1n) is 7.47. The summed E-state index contributed by atoms with van der Waals surface area (Å²) in [5.74, 6) is 2.54. The van der Waals surface area contributed by atoms with Gasteiger partial charge in [-0.05, 0) is 12.0 Å². The molecule has 0 amide bonds. The number of hydrogen-bond acceptors (Lipinski definition) is 2. The molecule has 0 radical (unpaired) electrons. The van der Waals surface area contributed by atoms with Gasteiger partial charge in [0.05, 0.1) is 5.69 Å². The molecule has 1 atom stereocenters. The predicted octanol–water partition coefficient (Wildman–Crippen LogP) is 4.15. The molecular formula is C17H25N3.